The van der Waals surface area contributed by atoms with Gasteiger partial charge in [-0.3, -0.25) is 9.59 Å². The average Bonchev–Trinajstić information content (AvgIpc) is 3.11. The fourth-order valence-corrected chi connectivity index (χ4v) is 2.14. The van der Waals surface area contributed by atoms with Gasteiger partial charge in [0.2, 0.25) is 0 Å². The molecule has 1 aromatic heterocycles. The summed E-state index contributed by atoms with van der Waals surface area (Å²) in [4.78, 5) is 41.2. The number of imide groups is 1. The highest BCUT2D eigenvalue weighted by molar-refractivity contribution is 6.20. The first kappa shape index (κ1) is 13.1. The molecule has 0 saturated carbocycles. The third-order valence-electron chi connectivity index (χ3n) is 3.35. The highest BCUT2D eigenvalue weighted by atomic mass is 16.7. The normalized spacial score (nSPS) is 15.0. The van der Waals surface area contributed by atoms with Crippen molar-refractivity contribution in [2.24, 2.45) is 0 Å². The van der Waals surface area contributed by atoms with Crippen LogP contribution in [0, 0.1) is 0 Å². The van der Waals surface area contributed by atoms with Crippen LogP contribution in [-0.2, 0) is 9.63 Å². The Kier molecular flexibility index (Phi) is 3.06. The molecule has 0 N–H and O–H groups in total. The second kappa shape index (κ2) is 4.90. The van der Waals surface area contributed by atoms with Crippen molar-refractivity contribution in [3.63, 3.8) is 0 Å². The summed E-state index contributed by atoms with van der Waals surface area (Å²) in [5.74, 6) is -1.92. The molecule has 1 atom stereocenters. The van der Waals surface area contributed by atoms with E-state index >= 15 is 0 Å². The van der Waals surface area contributed by atoms with Gasteiger partial charge in [0, 0.05) is 12.4 Å². The third-order valence-corrected chi connectivity index (χ3v) is 3.35. The van der Waals surface area contributed by atoms with Crippen molar-refractivity contribution >= 4 is 17.8 Å². The van der Waals surface area contributed by atoms with Crippen LogP contribution in [-0.4, -0.2) is 27.4 Å². The molecular weight excluding hydrogens is 272 g/mol. The number of aromatic nitrogens is 1. The van der Waals surface area contributed by atoms with Crippen LogP contribution in [0.3, 0.4) is 0 Å². The molecule has 3 rings (SSSR count). The topological polar surface area (TPSA) is 68.6 Å². The summed E-state index contributed by atoms with van der Waals surface area (Å²) in [6, 6.07) is 9.26. The number of hydroxylamine groups is 2. The van der Waals surface area contributed by atoms with E-state index in [1.165, 1.54) is 12.1 Å². The van der Waals surface area contributed by atoms with Gasteiger partial charge in [-0.1, -0.05) is 17.2 Å². The number of rotatable bonds is 3. The standard InChI is InChI=1S/C15H12N2O4/c1-10(16-8-4-5-9-16)15(20)21-17-13(18)11-6-2-3-7-12(11)14(17)19/h2-10H,1H3. The van der Waals surface area contributed by atoms with Gasteiger partial charge in [0.1, 0.15) is 6.04 Å². The van der Waals surface area contributed by atoms with Crippen LogP contribution in [0.4, 0.5) is 0 Å². The summed E-state index contributed by atoms with van der Waals surface area (Å²) in [6.45, 7) is 1.63. The predicted octanol–water partition coefficient (Wildman–Crippen LogP) is 1.80. The van der Waals surface area contributed by atoms with Gasteiger partial charge in [0.05, 0.1) is 11.1 Å². The highest BCUT2D eigenvalue weighted by Crippen LogP contribution is 2.23. The van der Waals surface area contributed by atoms with E-state index in [-0.39, 0.29) is 11.1 Å². The van der Waals surface area contributed by atoms with Gasteiger partial charge in [0.15, 0.2) is 0 Å². The fourth-order valence-electron chi connectivity index (χ4n) is 2.14. The minimum Gasteiger partial charge on any atom is -0.340 e. The van der Waals surface area contributed by atoms with Crippen molar-refractivity contribution in [3.05, 3.63) is 59.9 Å². The van der Waals surface area contributed by atoms with Gasteiger partial charge in [-0.2, -0.15) is 0 Å². The van der Waals surface area contributed by atoms with Gasteiger partial charge >= 0.3 is 5.97 Å². The zero-order valence-corrected chi connectivity index (χ0v) is 11.2. The number of hydrogen-bond donors (Lipinski definition) is 0. The van der Waals surface area contributed by atoms with E-state index in [1.54, 1.807) is 48.1 Å². The summed E-state index contributed by atoms with van der Waals surface area (Å²) in [6.07, 6.45) is 3.41. The molecule has 1 unspecified atom stereocenters. The SMILES string of the molecule is CC(C(=O)ON1C(=O)c2ccccc2C1=O)n1cccc1. The number of benzene rings is 1. The summed E-state index contributed by atoms with van der Waals surface area (Å²) >= 11 is 0. The molecule has 106 valence electrons. The molecule has 0 fully saturated rings. The Labute approximate surface area is 120 Å². The highest BCUT2D eigenvalue weighted by Gasteiger charge is 2.39. The van der Waals surface area contributed by atoms with Gasteiger partial charge in [-0.05, 0) is 31.2 Å². The molecule has 1 aliphatic rings. The zero-order chi connectivity index (χ0) is 15.0. The third kappa shape index (κ3) is 2.10. The van der Waals surface area contributed by atoms with E-state index in [1.807, 2.05) is 0 Å². The van der Waals surface area contributed by atoms with E-state index in [9.17, 15) is 14.4 Å². The monoisotopic (exact) mass is 284 g/mol. The number of fused-ring (bicyclic) bond motifs is 1. The Morgan fingerprint density at radius 3 is 2.05 bits per heavy atom. The van der Waals surface area contributed by atoms with Crippen LogP contribution in [0.5, 0.6) is 0 Å². The maximum atomic E-state index is 12.1. The van der Waals surface area contributed by atoms with Crippen molar-refractivity contribution in [1.82, 2.24) is 9.63 Å². The van der Waals surface area contributed by atoms with Crippen LogP contribution in [0.1, 0.15) is 33.7 Å². The number of amides is 2. The van der Waals surface area contributed by atoms with Gasteiger partial charge < -0.3 is 9.40 Å². The van der Waals surface area contributed by atoms with Crippen LogP contribution in [0.2, 0.25) is 0 Å². The molecule has 0 aliphatic carbocycles. The van der Waals surface area contributed by atoms with Crippen molar-refractivity contribution in [1.29, 1.82) is 0 Å². The number of carbonyl (C=O) groups excluding carboxylic acids is 3. The van der Waals surface area contributed by atoms with Crippen molar-refractivity contribution in [2.45, 2.75) is 13.0 Å². The first-order chi connectivity index (χ1) is 10.1. The second-order valence-corrected chi connectivity index (χ2v) is 4.67. The van der Waals surface area contributed by atoms with E-state index in [0.29, 0.717) is 5.06 Å². The first-order valence-electron chi connectivity index (χ1n) is 6.41. The van der Waals surface area contributed by atoms with Crippen LogP contribution in [0.15, 0.2) is 48.8 Å². The summed E-state index contributed by atoms with van der Waals surface area (Å²) in [7, 11) is 0. The minimum absolute atomic E-state index is 0.240. The number of nitrogens with zero attached hydrogens (tertiary/aromatic N) is 2. The lowest BCUT2D eigenvalue weighted by Crippen LogP contribution is -2.35. The molecule has 2 heterocycles. The molecule has 0 spiro atoms. The molecule has 1 aliphatic heterocycles. The molecule has 6 heteroatoms. The van der Waals surface area contributed by atoms with E-state index < -0.39 is 23.8 Å². The minimum atomic E-state index is -0.680. The summed E-state index contributed by atoms with van der Waals surface area (Å²) in [5.41, 5.74) is 0.479. The van der Waals surface area contributed by atoms with Gasteiger partial charge in [-0.15, -0.1) is 0 Å². The maximum absolute atomic E-state index is 12.1. The van der Waals surface area contributed by atoms with E-state index in [4.69, 9.17) is 4.84 Å². The smallest absolute Gasteiger partial charge is 0.340 e. The predicted molar refractivity (Wildman–Crippen MR) is 72.2 cm³/mol. The second-order valence-electron chi connectivity index (χ2n) is 4.67. The van der Waals surface area contributed by atoms with Crippen LogP contribution in [0.25, 0.3) is 0 Å². The lowest BCUT2D eigenvalue weighted by molar-refractivity contribution is -0.172. The molecule has 0 radical (unpaired) electrons. The molecule has 2 aromatic rings. The van der Waals surface area contributed by atoms with Crippen LogP contribution < -0.4 is 0 Å². The van der Waals surface area contributed by atoms with Crippen molar-refractivity contribution < 1.29 is 19.2 Å². The Morgan fingerprint density at radius 2 is 1.52 bits per heavy atom. The molecular formula is C15H12N2O4. The fraction of sp³-hybridized carbons (Fsp3) is 0.133. The average molecular weight is 284 g/mol. The number of carbonyl (C=O) groups is 3. The molecule has 0 saturated heterocycles. The van der Waals surface area contributed by atoms with Crippen molar-refractivity contribution in [3.8, 4) is 0 Å². The Hall–Kier alpha value is -2.89. The molecule has 6 nitrogen and oxygen atoms in total. The lowest BCUT2D eigenvalue weighted by atomic mass is 10.1. The molecule has 1 aromatic carbocycles. The molecule has 21 heavy (non-hydrogen) atoms. The maximum Gasteiger partial charge on any atom is 0.355 e. The van der Waals surface area contributed by atoms with Gasteiger partial charge in [0.25, 0.3) is 11.8 Å². The van der Waals surface area contributed by atoms with E-state index in [0.717, 1.165) is 0 Å². The lowest BCUT2D eigenvalue weighted by Gasteiger charge is -2.17. The summed E-state index contributed by atoms with van der Waals surface area (Å²) in [5, 5.41) is 0.521. The quantitative estimate of drug-likeness (QED) is 0.806. The number of hydrogen-bond acceptors (Lipinski definition) is 4. The van der Waals surface area contributed by atoms with Gasteiger partial charge in [-0.25, -0.2) is 4.79 Å². The Balaban J connectivity index is 1.79. The molecule has 0 bridgehead atoms. The Morgan fingerprint density at radius 1 is 1.00 bits per heavy atom. The van der Waals surface area contributed by atoms with Crippen molar-refractivity contribution in [2.75, 3.05) is 0 Å². The molecule has 2 amide bonds. The largest absolute Gasteiger partial charge is 0.355 e. The van der Waals surface area contributed by atoms with E-state index in [2.05, 4.69) is 0 Å². The van der Waals surface area contributed by atoms with Crippen LogP contribution >= 0.6 is 0 Å². The summed E-state index contributed by atoms with van der Waals surface area (Å²) < 4.78 is 1.63. The Bertz CT molecular complexity index is 686. The zero-order valence-electron chi connectivity index (χ0n) is 11.2. The first-order valence-corrected chi connectivity index (χ1v) is 6.41.